The van der Waals surface area contributed by atoms with Crippen LogP contribution in [0.1, 0.15) is 17.0 Å². The van der Waals surface area contributed by atoms with Crippen LogP contribution in [0.4, 0.5) is 0 Å². The van der Waals surface area contributed by atoms with Gasteiger partial charge >= 0.3 is 11.5 Å². The van der Waals surface area contributed by atoms with Gasteiger partial charge in [0.1, 0.15) is 5.76 Å². The summed E-state index contributed by atoms with van der Waals surface area (Å²) in [5.74, 6) is 1.01. The quantitative estimate of drug-likeness (QED) is 0.568. The Bertz CT molecular complexity index is 1270. The van der Waals surface area contributed by atoms with E-state index in [1.54, 1.807) is 17.5 Å². The molecule has 0 aliphatic carbocycles. The van der Waals surface area contributed by atoms with Crippen molar-refractivity contribution in [3.8, 4) is 0 Å². The first-order valence-electron chi connectivity index (χ1n) is 8.28. The third-order valence-corrected chi connectivity index (χ3v) is 4.60. The minimum Gasteiger partial charge on any atom is -0.428 e. The molecular formula is C19H18N4O3. The Morgan fingerprint density at radius 1 is 1.15 bits per heavy atom. The normalized spacial score (nSPS) is 12.0. The van der Waals surface area contributed by atoms with E-state index in [4.69, 9.17) is 4.42 Å². The Morgan fingerprint density at radius 2 is 1.88 bits per heavy atom. The predicted octanol–water partition coefficient (Wildman–Crippen LogP) is 2.27. The van der Waals surface area contributed by atoms with Crippen LogP contribution < -0.4 is 11.2 Å². The largest absolute Gasteiger partial charge is 0.428 e. The number of allylic oxidation sites excluding steroid dienone is 1. The summed E-state index contributed by atoms with van der Waals surface area (Å²) in [5, 5.41) is 0. The highest BCUT2D eigenvalue weighted by Gasteiger charge is 2.20. The molecule has 7 heteroatoms. The van der Waals surface area contributed by atoms with Crippen LogP contribution in [0, 0.1) is 13.8 Å². The number of nitrogens with zero attached hydrogens (tertiary/aromatic N) is 4. The molecule has 0 aliphatic heterocycles. The number of hydrogen-bond donors (Lipinski definition) is 0. The minimum atomic E-state index is -0.407. The molecule has 0 spiro atoms. The Morgan fingerprint density at radius 3 is 2.62 bits per heavy atom. The SMILES string of the molecule is Cc1oc2nc3c(c(=O)n(CC=Cc4ccccc4)c(=O)n3C)n2c1C. The molecule has 3 heterocycles. The monoisotopic (exact) mass is 350 g/mol. The molecule has 1 aromatic carbocycles. The Kier molecular flexibility index (Phi) is 3.64. The van der Waals surface area contributed by atoms with Crippen molar-refractivity contribution in [2.24, 2.45) is 7.05 Å². The summed E-state index contributed by atoms with van der Waals surface area (Å²) in [7, 11) is 1.61. The molecule has 4 aromatic rings. The molecular weight excluding hydrogens is 332 g/mol. The second kappa shape index (κ2) is 5.87. The van der Waals surface area contributed by atoms with Crippen molar-refractivity contribution in [1.82, 2.24) is 18.5 Å². The van der Waals surface area contributed by atoms with Crippen molar-refractivity contribution >= 4 is 23.1 Å². The van der Waals surface area contributed by atoms with Crippen molar-refractivity contribution in [1.29, 1.82) is 0 Å². The standard InChI is InChI=1S/C19H18N4O3/c1-12-13(2)26-18-20-16-15(23(12)18)17(24)22(19(25)21(16)3)11-7-10-14-8-5-4-6-9-14/h4-10H,11H2,1-3H3. The highest BCUT2D eigenvalue weighted by Crippen LogP contribution is 2.19. The summed E-state index contributed by atoms with van der Waals surface area (Å²) in [4.78, 5) is 29.9. The number of rotatable bonds is 3. The maximum Gasteiger partial charge on any atom is 0.332 e. The third kappa shape index (κ3) is 2.32. The lowest BCUT2D eigenvalue weighted by atomic mass is 10.2. The fourth-order valence-corrected chi connectivity index (χ4v) is 3.07. The first-order valence-corrected chi connectivity index (χ1v) is 8.28. The molecule has 7 nitrogen and oxygen atoms in total. The van der Waals surface area contributed by atoms with E-state index in [1.807, 2.05) is 50.3 Å². The molecule has 0 radical (unpaired) electrons. The molecule has 0 bridgehead atoms. The molecule has 4 rings (SSSR count). The van der Waals surface area contributed by atoms with Crippen LogP contribution in [0.5, 0.6) is 0 Å². The molecule has 0 N–H and O–H groups in total. The van der Waals surface area contributed by atoms with Crippen LogP contribution in [0.3, 0.4) is 0 Å². The lowest BCUT2D eigenvalue weighted by molar-refractivity contribution is 0.561. The molecule has 3 aromatic heterocycles. The van der Waals surface area contributed by atoms with Gasteiger partial charge in [-0.1, -0.05) is 42.5 Å². The lowest BCUT2D eigenvalue weighted by Crippen LogP contribution is -2.39. The maximum atomic E-state index is 13.0. The molecule has 0 saturated carbocycles. The van der Waals surface area contributed by atoms with Gasteiger partial charge in [-0.05, 0) is 19.4 Å². The molecule has 132 valence electrons. The molecule has 0 atom stereocenters. The third-order valence-electron chi connectivity index (χ3n) is 4.60. The molecule has 26 heavy (non-hydrogen) atoms. The van der Waals surface area contributed by atoms with E-state index in [9.17, 15) is 9.59 Å². The van der Waals surface area contributed by atoms with E-state index in [0.29, 0.717) is 22.8 Å². The fraction of sp³-hybridized carbons (Fsp3) is 0.211. The van der Waals surface area contributed by atoms with Crippen LogP contribution in [-0.2, 0) is 13.6 Å². The van der Waals surface area contributed by atoms with E-state index >= 15 is 0 Å². The van der Waals surface area contributed by atoms with Gasteiger partial charge in [-0.2, -0.15) is 4.98 Å². The van der Waals surface area contributed by atoms with Gasteiger partial charge in [0.05, 0.1) is 5.69 Å². The van der Waals surface area contributed by atoms with E-state index in [2.05, 4.69) is 4.98 Å². The van der Waals surface area contributed by atoms with Crippen molar-refractivity contribution in [2.45, 2.75) is 20.4 Å². The second-order valence-electron chi connectivity index (χ2n) is 6.22. The minimum absolute atomic E-state index is 0.180. The Balaban J connectivity index is 1.89. The van der Waals surface area contributed by atoms with Crippen molar-refractivity contribution < 1.29 is 4.42 Å². The highest BCUT2D eigenvalue weighted by molar-refractivity contribution is 5.75. The van der Waals surface area contributed by atoms with E-state index < -0.39 is 5.69 Å². The summed E-state index contributed by atoms with van der Waals surface area (Å²) in [6.45, 7) is 3.86. The first kappa shape index (κ1) is 16.1. The number of hydrogen-bond acceptors (Lipinski definition) is 4. The molecule has 0 aliphatic rings. The van der Waals surface area contributed by atoms with E-state index in [-0.39, 0.29) is 12.1 Å². The summed E-state index contributed by atoms with van der Waals surface area (Å²) >= 11 is 0. The predicted molar refractivity (Wildman–Crippen MR) is 99.4 cm³/mol. The van der Waals surface area contributed by atoms with Gasteiger partial charge in [0.15, 0.2) is 11.2 Å². The van der Waals surface area contributed by atoms with Crippen molar-refractivity contribution in [3.63, 3.8) is 0 Å². The second-order valence-corrected chi connectivity index (χ2v) is 6.22. The molecule has 0 unspecified atom stereocenters. The van der Waals surface area contributed by atoms with Gasteiger partial charge in [-0.25, -0.2) is 4.79 Å². The summed E-state index contributed by atoms with van der Waals surface area (Å²) in [5.41, 5.74) is 1.69. The number of aryl methyl sites for hydroxylation is 3. The highest BCUT2D eigenvalue weighted by atomic mass is 16.4. The van der Waals surface area contributed by atoms with Crippen LogP contribution in [0.25, 0.3) is 23.1 Å². The van der Waals surface area contributed by atoms with Gasteiger partial charge in [-0.15, -0.1) is 0 Å². The van der Waals surface area contributed by atoms with Crippen LogP contribution in [0.2, 0.25) is 0 Å². The van der Waals surface area contributed by atoms with Crippen LogP contribution >= 0.6 is 0 Å². The Labute approximate surface area is 148 Å². The van der Waals surface area contributed by atoms with Crippen LogP contribution in [-0.4, -0.2) is 18.5 Å². The van der Waals surface area contributed by atoms with Gasteiger partial charge in [0.2, 0.25) is 0 Å². The smallest absolute Gasteiger partial charge is 0.332 e. The number of oxazole rings is 1. The number of aromatic nitrogens is 4. The van der Waals surface area contributed by atoms with Gasteiger partial charge < -0.3 is 4.42 Å². The van der Waals surface area contributed by atoms with Crippen LogP contribution in [0.15, 0.2) is 50.4 Å². The number of imidazole rings is 1. The van der Waals surface area contributed by atoms with E-state index in [1.165, 1.54) is 9.13 Å². The summed E-state index contributed by atoms with van der Waals surface area (Å²) in [6.07, 6.45) is 3.69. The van der Waals surface area contributed by atoms with E-state index in [0.717, 1.165) is 11.3 Å². The topological polar surface area (TPSA) is 74.4 Å². The van der Waals surface area contributed by atoms with Crippen molar-refractivity contribution in [2.75, 3.05) is 0 Å². The number of benzene rings is 1. The fourth-order valence-electron chi connectivity index (χ4n) is 3.07. The average molecular weight is 350 g/mol. The first-order chi connectivity index (χ1) is 12.5. The zero-order chi connectivity index (χ0) is 18.4. The molecule has 0 saturated heterocycles. The maximum absolute atomic E-state index is 13.0. The molecule has 0 fully saturated rings. The molecule has 0 amide bonds. The zero-order valence-electron chi connectivity index (χ0n) is 14.8. The average Bonchev–Trinajstić information content (AvgIpc) is 3.14. The zero-order valence-corrected chi connectivity index (χ0v) is 14.8. The Hall–Kier alpha value is -3.35. The summed E-state index contributed by atoms with van der Waals surface area (Å²) < 4.78 is 9.84. The lowest BCUT2D eigenvalue weighted by Gasteiger charge is -2.06. The van der Waals surface area contributed by atoms with Gasteiger partial charge in [0.25, 0.3) is 5.56 Å². The van der Waals surface area contributed by atoms with Gasteiger partial charge in [-0.3, -0.25) is 18.3 Å². The summed E-state index contributed by atoms with van der Waals surface area (Å²) in [6, 6.07) is 9.72. The van der Waals surface area contributed by atoms with Crippen molar-refractivity contribution in [3.05, 3.63) is 74.3 Å². The number of fused-ring (bicyclic) bond motifs is 3. The van der Waals surface area contributed by atoms with Gasteiger partial charge in [0, 0.05) is 13.6 Å².